The van der Waals surface area contributed by atoms with Gasteiger partial charge in [-0.2, -0.15) is 0 Å². The summed E-state index contributed by atoms with van der Waals surface area (Å²) in [6.07, 6.45) is 4.35. The number of methoxy groups -OCH3 is 1. The monoisotopic (exact) mass is 320 g/mol. The number of benzene rings is 1. The van der Waals surface area contributed by atoms with Crippen LogP contribution in [-0.4, -0.2) is 32.2 Å². The zero-order valence-corrected chi connectivity index (χ0v) is 13.7. The van der Waals surface area contributed by atoms with E-state index in [1.54, 1.807) is 12.1 Å². The highest BCUT2D eigenvalue weighted by Crippen LogP contribution is 2.28. The summed E-state index contributed by atoms with van der Waals surface area (Å²) in [5.74, 6) is 0.461. The highest BCUT2D eigenvalue weighted by Gasteiger charge is 2.10. The number of unbranched alkanes of at least 4 members (excludes halogenated alkanes) is 1. The van der Waals surface area contributed by atoms with Crippen molar-refractivity contribution in [3.05, 3.63) is 36.4 Å². The lowest BCUT2D eigenvalue weighted by molar-refractivity contribution is -0.122. The lowest BCUT2D eigenvalue weighted by atomic mass is 10.1. The Morgan fingerprint density at radius 3 is 2.74 bits per heavy atom. The van der Waals surface area contributed by atoms with Crippen LogP contribution in [0.25, 0.3) is 0 Å². The summed E-state index contributed by atoms with van der Waals surface area (Å²) < 4.78 is 10.6. The van der Waals surface area contributed by atoms with E-state index >= 15 is 0 Å². The SMILES string of the molecule is C=CCc1ccc(OCC(=O)NC(=O)NCCCC)c(OC)c1. The molecule has 1 rings (SSSR count). The quantitative estimate of drug-likeness (QED) is 0.541. The molecule has 0 bridgehead atoms. The molecule has 1 aromatic carbocycles. The molecule has 0 saturated carbocycles. The van der Waals surface area contributed by atoms with E-state index in [0.29, 0.717) is 18.0 Å². The molecule has 1 aromatic rings. The molecule has 6 nitrogen and oxygen atoms in total. The van der Waals surface area contributed by atoms with Gasteiger partial charge in [-0.3, -0.25) is 10.1 Å². The highest BCUT2D eigenvalue weighted by molar-refractivity contribution is 5.95. The van der Waals surface area contributed by atoms with Gasteiger partial charge in [0.2, 0.25) is 0 Å². The molecule has 0 fully saturated rings. The molecular formula is C17H24N2O4. The van der Waals surface area contributed by atoms with Crippen molar-refractivity contribution in [1.82, 2.24) is 10.6 Å². The molecule has 2 N–H and O–H groups in total. The van der Waals surface area contributed by atoms with Gasteiger partial charge in [-0.1, -0.05) is 25.5 Å². The third-order valence-electron chi connectivity index (χ3n) is 3.04. The van der Waals surface area contributed by atoms with E-state index in [0.717, 1.165) is 24.8 Å². The lowest BCUT2D eigenvalue weighted by Crippen LogP contribution is -2.41. The smallest absolute Gasteiger partial charge is 0.321 e. The van der Waals surface area contributed by atoms with Gasteiger partial charge < -0.3 is 14.8 Å². The van der Waals surface area contributed by atoms with Crippen LogP contribution in [0, 0.1) is 0 Å². The average molecular weight is 320 g/mol. The Hall–Kier alpha value is -2.50. The summed E-state index contributed by atoms with van der Waals surface area (Å²) >= 11 is 0. The molecule has 0 heterocycles. The molecule has 6 heteroatoms. The highest BCUT2D eigenvalue weighted by atomic mass is 16.5. The number of hydrogen-bond donors (Lipinski definition) is 2. The number of allylic oxidation sites excluding steroid dienone is 1. The van der Waals surface area contributed by atoms with Gasteiger partial charge in [0.15, 0.2) is 18.1 Å². The fraction of sp³-hybridized carbons (Fsp3) is 0.412. The Kier molecular flexibility index (Phi) is 8.28. The molecule has 0 unspecified atom stereocenters. The zero-order chi connectivity index (χ0) is 17.1. The summed E-state index contributed by atoms with van der Waals surface area (Å²) in [5, 5.41) is 4.81. The van der Waals surface area contributed by atoms with Crippen LogP contribution in [0.15, 0.2) is 30.9 Å². The number of nitrogens with one attached hydrogen (secondary N) is 2. The van der Waals surface area contributed by atoms with Gasteiger partial charge in [0, 0.05) is 6.54 Å². The van der Waals surface area contributed by atoms with Gasteiger partial charge in [-0.25, -0.2) is 4.79 Å². The van der Waals surface area contributed by atoms with Crippen molar-refractivity contribution in [2.24, 2.45) is 0 Å². The number of ether oxygens (including phenoxy) is 2. The maximum Gasteiger partial charge on any atom is 0.321 e. The number of carbonyl (C=O) groups is 2. The summed E-state index contributed by atoms with van der Waals surface area (Å²) in [7, 11) is 1.53. The standard InChI is InChI=1S/C17H24N2O4/c1-4-6-10-18-17(21)19-16(20)12-23-14-9-8-13(7-5-2)11-15(14)22-3/h5,8-9,11H,2,4,6-7,10,12H2,1,3H3,(H2,18,19,20,21). The van der Waals surface area contributed by atoms with Crippen molar-refractivity contribution >= 4 is 11.9 Å². The molecule has 0 aliphatic rings. The Labute approximate surface area is 136 Å². The number of hydrogen-bond acceptors (Lipinski definition) is 4. The first-order valence-corrected chi connectivity index (χ1v) is 7.59. The van der Waals surface area contributed by atoms with Crippen LogP contribution >= 0.6 is 0 Å². The van der Waals surface area contributed by atoms with E-state index in [-0.39, 0.29) is 6.61 Å². The van der Waals surface area contributed by atoms with Crippen LogP contribution in [0.2, 0.25) is 0 Å². The van der Waals surface area contributed by atoms with E-state index < -0.39 is 11.9 Å². The summed E-state index contributed by atoms with van der Waals surface area (Å²) in [4.78, 5) is 23.1. The van der Waals surface area contributed by atoms with Crippen molar-refractivity contribution in [2.45, 2.75) is 26.2 Å². The molecule has 0 atom stereocenters. The Morgan fingerprint density at radius 1 is 1.30 bits per heavy atom. The third-order valence-corrected chi connectivity index (χ3v) is 3.04. The van der Waals surface area contributed by atoms with Crippen LogP contribution in [0.1, 0.15) is 25.3 Å². The second kappa shape index (κ2) is 10.3. The van der Waals surface area contributed by atoms with Crippen molar-refractivity contribution in [3.8, 4) is 11.5 Å². The Balaban J connectivity index is 2.49. The van der Waals surface area contributed by atoms with Crippen molar-refractivity contribution in [1.29, 1.82) is 0 Å². The van der Waals surface area contributed by atoms with Crippen molar-refractivity contribution in [3.63, 3.8) is 0 Å². The second-order valence-electron chi connectivity index (χ2n) is 4.92. The third kappa shape index (κ3) is 6.86. The predicted octanol–water partition coefficient (Wildman–Crippen LogP) is 2.43. The minimum Gasteiger partial charge on any atom is -0.493 e. The molecular weight excluding hydrogens is 296 g/mol. The van der Waals surface area contributed by atoms with Crippen molar-refractivity contribution < 1.29 is 19.1 Å². The first kappa shape index (κ1) is 18.5. The fourth-order valence-corrected chi connectivity index (χ4v) is 1.85. The summed E-state index contributed by atoms with van der Waals surface area (Å²) in [6.45, 7) is 5.98. The summed E-state index contributed by atoms with van der Waals surface area (Å²) in [6, 6.07) is 4.91. The molecule has 0 aliphatic carbocycles. The van der Waals surface area contributed by atoms with Crippen LogP contribution in [0.4, 0.5) is 4.79 Å². The number of rotatable bonds is 9. The molecule has 3 amide bonds. The minimum atomic E-state index is -0.517. The van der Waals surface area contributed by atoms with Crippen molar-refractivity contribution in [2.75, 3.05) is 20.3 Å². The predicted molar refractivity (Wildman–Crippen MR) is 88.8 cm³/mol. The molecule has 126 valence electrons. The number of imide groups is 1. The van der Waals surface area contributed by atoms with Crippen LogP contribution in [0.3, 0.4) is 0 Å². The lowest BCUT2D eigenvalue weighted by Gasteiger charge is -2.12. The number of carbonyl (C=O) groups excluding carboxylic acids is 2. The molecule has 0 saturated heterocycles. The Bertz CT molecular complexity index is 543. The van der Waals surface area contributed by atoms with Gasteiger partial charge >= 0.3 is 6.03 Å². The van der Waals surface area contributed by atoms with Gasteiger partial charge in [0.1, 0.15) is 0 Å². The average Bonchev–Trinajstić information content (AvgIpc) is 2.54. The molecule has 23 heavy (non-hydrogen) atoms. The van der Waals surface area contributed by atoms with Gasteiger partial charge in [0.05, 0.1) is 7.11 Å². The largest absolute Gasteiger partial charge is 0.493 e. The maximum atomic E-state index is 11.7. The maximum absolute atomic E-state index is 11.7. The van der Waals surface area contributed by atoms with E-state index in [2.05, 4.69) is 17.2 Å². The van der Waals surface area contributed by atoms with Gasteiger partial charge in [-0.05, 0) is 30.5 Å². The number of urea groups is 1. The first-order valence-electron chi connectivity index (χ1n) is 7.59. The van der Waals surface area contributed by atoms with E-state index in [1.165, 1.54) is 7.11 Å². The van der Waals surface area contributed by atoms with Crippen LogP contribution in [0.5, 0.6) is 11.5 Å². The molecule has 0 aliphatic heterocycles. The minimum absolute atomic E-state index is 0.266. The van der Waals surface area contributed by atoms with Crippen LogP contribution in [-0.2, 0) is 11.2 Å². The fourth-order valence-electron chi connectivity index (χ4n) is 1.85. The van der Waals surface area contributed by atoms with Crippen LogP contribution < -0.4 is 20.1 Å². The van der Waals surface area contributed by atoms with Gasteiger partial charge in [0.25, 0.3) is 5.91 Å². The van der Waals surface area contributed by atoms with E-state index in [4.69, 9.17) is 9.47 Å². The molecule has 0 radical (unpaired) electrons. The molecule has 0 spiro atoms. The zero-order valence-electron chi connectivity index (χ0n) is 13.7. The topological polar surface area (TPSA) is 76.7 Å². The summed E-state index contributed by atoms with van der Waals surface area (Å²) in [5.41, 5.74) is 1.03. The molecule has 0 aromatic heterocycles. The first-order chi connectivity index (χ1) is 11.1. The normalized spacial score (nSPS) is 9.83. The van der Waals surface area contributed by atoms with E-state index in [1.807, 2.05) is 19.1 Å². The Morgan fingerprint density at radius 2 is 2.09 bits per heavy atom. The van der Waals surface area contributed by atoms with Gasteiger partial charge in [-0.15, -0.1) is 6.58 Å². The van der Waals surface area contributed by atoms with E-state index in [9.17, 15) is 9.59 Å². The number of amides is 3. The second-order valence-corrected chi connectivity index (χ2v) is 4.92.